The van der Waals surface area contributed by atoms with Gasteiger partial charge in [0.15, 0.2) is 0 Å². The van der Waals surface area contributed by atoms with Gasteiger partial charge in [-0.3, -0.25) is 0 Å². The van der Waals surface area contributed by atoms with E-state index in [1.54, 1.807) is 0 Å². The van der Waals surface area contributed by atoms with Crippen LogP contribution in [0, 0.1) is 0 Å². The van der Waals surface area contributed by atoms with Gasteiger partial charge in [-0.05, 0) is 23.8 Å². The molecule has 0 aromatic heterocycles. The van der Waals surface area contributed by atoms with E-state index in [0.717, 1.165) is 0 Å². The first-order chi connectivity index (χ1) is 3.00. The SMILES string of the molecule is C1=CCCC=C1.[SiH4]. The molecule has 0 aromatic carbocycles. The van der Waals surface area contributed by atoms with Gasteiger partial charge in [0.25, 0.3) is 0 Å². The molecule has 0 saturated heterocycles. The summed E-state index contributed by atoms with van der Waals surface area (Å²) in [7, 11) is 0. The van der Waals surface area contributed by atoms with Gasteiger partial charge < -0.3 is 0 Å². The van der Waals surface area contributed by atoms with Crippen molar-refractivity contribution in [3.63, 3.8) is 0 Å². The Labute approximate surface area is 49.0 Å². The fourth-order valence-electron chi connectivity index (χ4n) is 0.542. The Morgan fingerprint density at radius 2 is 1.29 bits per heavy atom. The summed E-state index contributed by atoms with van der Waals surface area (Å²) in [6.07, 6.45) is 11.0. The van der Waals surface area contributed by atoms with Gasteiger partial charge in [0.05, 0.1) is 0 Å². The van der Waals surface area contributed by atoms with Gasteiger partial charge in [-0.2, -0.15) is 0 Å². The van der Waals surface area contributed by atoms with Gasteiger partial charge in [0.1, 0.15) is 0 Å². The highest BCUT2D eigenvalue weighted by Gasteiger charge is 1.77. The van der Waals surface area contributed by atoms with Crippen molar-refractivity contribution in [1.82, 2.24) is 0 Å². The lowest BCUT2D eigenvalue weighted by atomic mass is 10.2. The van der Waals surface area contributed by atoms with E-state index in [2.05, 4.69) is 24.3 Å². The number of rotatable bonds is 0. The second kappa shape index (κ2) is 3.87. The summed E-state index contributed by atoms with van der Waals surface area (Å²) in [5, 5.41) is 0. The molecule has 1 aliphatic carbocycles. The zero-order valence-electron chi connectivity index (χ0n) is 3.72. The van der Waals surface area contributed by atoms with Crippen molar-refractivity contribution >= 4 is 11.0 Å². The van der Waals surface area contributed by atoms with Crippen molar-refractivity contribution in [2.45, 2.75) is 12.8 Å². The molecule has 0 heterocycles. The third-order valence-corrected chi connectivity index (χ3v) is 0.883. The van der Waals surface area contributed by atoms with Crippen molar-refractivity contribution in [3.05, 3.63) is 24.3 Å². The van der Waals surface area contributed by atoms with Crippen LogP contribution in [0.3, 0.4) is 0 Å². The zero-order valence-corrected chi connectivity index (χ0v) is 3.72. The summed E-state index contributed by atoms with van der Waals surface area (Å²) in [6.45, 7) is 0. The van der Waals surface area contributed by atoms with E-state index in [1.807, 2.05) is 0 Å². The van der Waals surface area contributed by atoms with Crippen molar-refractivity contribution in [2.24, 2.45) is 0 Å². The molecule has 0 radical (unpaired) electrons. The van der Waals surface area contributed by atoms with Crippen LogP contribution in [0.15, 0.2) is 24.3 Å². The fraction of sp³-hybridized carbons (Fsp3) is 0.333. The Morgan fingerprint density at radius 3 is 1.43 bits per heavy atom. The summed E-state index contributed by atoms with van der Waals surface area (Å²) < 4.78 is 0. The van der Waals surface area contributed by atoms with E-state index < -0.39 is 0 Å². The highest BCUT2D eigenvalue weighted by molar-refractivity contribution is 5.75. The smallest absolute Gasteiger partial charge is 0.0149 e. The molecule has 0 bridgehead atoms. The van der Waals surface area contributed by atoms with Crippen LogP contribution in [0.25, 0.3) is 0 Å². The van der Waals surface area contributed by atoms with E-state index in [4.69, 9.17) is 0 Å². The summed E-state index contributed by atoms with van der Waals surface area (Å²) in [4.78, 5) is 0. The Kier molecular flexibility index (Phi) is 3.70. The maximum atomic E-state index is 2.18. The lowest BCUT2D eigenvalue weighted by Gasteiger charge is -1.88. The van der Waals surface area contributed by atoms with Crippen LogP contribution < -0.4 is 0 Å². The van der Waals surface area contributed by atoms with Gasteiger partial charge in [0, 0.05) is 0 Å². The second-order valence-corrected chi connectivity index (χ2v) is 1.43. The first-order valence-corrected chi connectivity index (χ1v) is 2.32. The van der Waals surface area contributed by atoms with E-state index in [1.165, 1.54) is 12.8 Å². The summed E-state index contributed by atoms with van der Waals surface area (Å²) >= 11 is 0. The summed E-state index contributed by atoms with van der Waals surface area (Å²) in [6, 6.07) is 0. The first-order valence-electron chi connectivity index (χ1n) is 2.32. The molecule has 1 aliphatic rings. The molecule has 0 aromatic rings. The average Bonchev–Trinajstić information content (AvgIpc) is 1.72. The molecule has 7 heavy (non-hydrogen) atoms. The predicted octanol–water partition coefficient (Wildman–Crippen LogP) is 0.441. The molecular weight excluding hydrogens is 100 g/mol. The van der Waals surface area contributed by atoms with Gasteiger partial charge in [-0.25, -0.2) is 0 Å². The highest BCUT2D eigenvalue weighted by atomic mass is 28.1. The van der Waals surface area contributed by atoms with Crippen LogP contribution in [-0.2, 0) is 0 Å². The Hall–Kier alpha value is -0.303. The summed E-state index contributed by atoms with van der Waals surface area (Å²) in [5.41, 5.74) is 0. The van der Waals surface area contributed by atoms with Crippen LogP contribution in [0.5, 0.6) is 0 Å². The lowest BCUT2D eigenvalue weighted by Crippen LogP contribution is -1.67. The molecule has 0 N–H and O–H groups in total. The third kappa shape index (κ3) is 2.40. The molecule has 0 nitrogen and oxygen atoms in total. The first kappa shape index (κ1) is 6.70. The van der Waals surface area contributed by atoms with Crippen molar-refractivity contribution in [3.8, 4) is 0 Å². The minimum Gasteiger partial charge on any atom is -0.0842 e. The molecule has 40 valence electrons. The third-order valence-electron chi connectivity index (χ3n) is 0.883. The Morgan fingerprint density at radius 1 is 0.857 bits per heavy atom. The largest absolute Gasteiger partial charge is 0.0842 e. The topological polar surface area (TPSA) is 0 Å². The monoisotopic (exact) mass is 112 g/mol. The molecule has 0 unspecified atom stereocenters. The van der Waals surface area contributed by atoms with E-state index in [-0.39, 0.29) is 11.0 Å². The minimum absolute atomic E-state index is 0. The second-order valence-electron chi connectivity index (χ2n) is 1.43. The fourth-order valence-corrected chi connectivity index (χ4v) is 0.542. The van der Waals surface area contributed by atoms with Crippen LogP contribution >= 0.6 is 0 Å². The number of hydrogen-bond donors (Lipinski definition) is 0. The van der Waals surface area contributed by atoms with Crippen molar-refractivity contribution in [2.75, 3.05) is 0 Å². The van der Waals surface area contributed by atoms with Gasteiger partial charge in [0.2, 0.25) is 0 Å². The van der Waals surface area contributed by atoms with E-state index >= 15 is 0 Å². The number of hydrogen-bond acceptors (Lipinski definition) is 0. The predicted molar refractivity (Wildman–Crippen MR) is 38.8 cm³/mol. The molecular formula is C6H12Si. The van der Waals surface area contributed by atoms with Gasteiger partial charge in [-0.15, -0.1) is 0 Å². The molecule has 0 amide bonds. The average molecular weight is 112 g/mol. The van der Waals surface area contributed by atoms with Gasteiger partial charge >= 0.3 is 0 Å². The standard InChI is InChI=1S/C6H8.H4Si/c1-2-4-6-5-3-1;/h1-4H,5-6H2;1H4. The quantitative estimate of drug-likeness (QED) is 0.399. The van der Waals surface area contributed by atoms with E-state index in [0.29, 0.717) is 0 Å². The molecule has 0 atom stereocenters. The van der Waals surface area contributed by atoms with Crippen LogP contribution in [-0.4, -0.2) is 11.0 Å². The molecule has 0 aliphatic heterocycles. The lowest BCUT2D eigenvalue weighted by molar-refractivity contribution is 1.04. The number of allylic oxidation sites excluding steroid dienone is 4. The van der Waals surface area contributed by atoms with Crippen LogP contribution in [0.4, 0.5) is 0 Å². The van der Waals surface area contributed by atoms with Crippen LogP contribution in [0.2, 0.25) is 0 Å². The zero-order chi connectivity index (χ0) is 4.24. The highest BCUT2D eigenvalue weighted by Crippen LogP contribution is 1.98. The van der Waals surface area contributed by atoms with E-state index in [9.17, 15) is 0 Å². The van der Waals surface area contributed by atoms with Crippen LogP contribution in [0.1, 0.15) is 12.8 Å². The van der Waals surface area contributed by atoms with Crippen molar-refractivity contribution < 1.29 is 0 Å². The van der Waals surface area contributed by atoms with Crippen molar-refractivity contribution in [1.29, 1.82) is 0 Å². The van der Waals surface area contributed by atoms with Gasteiger partial charge in [-0.1, -0.05) is 24.3 Å². The summed E-state index contributed by atoms with van der Waals surface area (Å²) in [5.74, 6) is 0. The Balaban J connectivity index is 0.000000360. The molecule has 1 heteroatoms. The minimum atomic E-state index is 0. The Bertz CT molecular complexity index is 70.2. The molecule has 0 saturated carbocycles. The maximum Gasteiger partial charge on any atom is -0.0149 e. The normalized spacial score (nSPS) is 16.0. The molecule has 0 fully saturated rings. The molecule has 1 rings (SSSR count). The molecule has 0 spiro atoms. The maximum absolute atomic E-state index is 2.18.